The molecule has 6 aromatic carbocycles. The van der Waals surface area contributed by atoms with Crippen molar-refractivity contribution in [2.75, 3.05) is 48.7 Å². The number of ether oxygens (including phenoxy) is 1. The number of amides is 2. The molecular weight excluding hydrogens is 1390 g/mol. The molecule has 0 saturated heterocycles. The van der Waals surface area contributed by atoms with Crippen molar-refractivity contribution in [3.8, 4) is 85.1 Å². The number of carbonyl (C=O) groups is 2. The van der Waals surface area contributed by atoms with E-state index in [1.54, 1.807) is 67.1 Å². The van der Waals surface area contributed by atoms with Crippen molar-refractivity contribution < 1.29 is 27.5 Å². The van der Waals surface area contributed by atoms with Crippen molar-refractivity contribution in [3.05, 3.63) is 259 Å². The van der Waals surface area contributed by atoms with Crippen LogP contribution >= 0.6 is 0 Å². The number of aryl methyl sites for hydroxylation is 3. The van der Waals surface area contributed by atoms with Gasteiger partial charge in [-0.15, -0.1) is 10.2 Å². The maximum absolute atomic E-state index is 13.7. The molecular formula is C85H82F3N19O3. The number of hydrogen-bond acceptors (Lipinski definition) is 17. The summed E-state index contributed by atoms with van der Waals surface area (Å²) < 4.78 is 53.7. The van der Waals surface area contributed by atoms with Crippen LogP contribution in [-0.2, 0) is 19.3 Å². The van der Waals surface area contributed by atoms with Crippen LogP contribution in [0.1, 0.15) is 116 Å². The van der Waals surface area contributed by atoms with Crippen LogP contribution < -0.4 is 31.3 Å². The van der Waals surface area contributed by atoms with Crippen LogP contribution in [0.5, 0.6) is 5.88 Å². The molecule has 1 aliphatic carbocycles. The van der Waals surface area contributed by atoms with E-state index >= 15 is 0 Å². The summed E-state index contributed by atoms with van der Waals surface area (Å²) in [6.45, 7) is 9.07. The van der Waals surface area contributed by atoms with Crippen molar-refractivity contribution in [1.82, 2.24) is 79.4 Å². The summed E-state index contributed by atoms with van der Waals surface area (Å²) in [6, 6.07) is 57.4. The van der Waals surface area contributed by atoms with Crippen molar-refractivity contribution in [2.24, 2.45) is 5.92 Å². The van der Waals surface area contributed by atoms with Gasteiger partial charge < -0.3 is 45.0 Å². The highest BCUT2D eigenvalue weighted by molar-refractivity contribution is 5.95. The number of anilines is 3. The summed E-state index contributed by atoms with van der Waals surface area (Å²) in [7, 11) is 0. The van der Waals surface area contributed by atoms with Crippen molar-refractivity contribution >= 4 is 29.7 Å². The predicted molar refractivity (Wildman–Crippen MR) is 417 cm³/mol. The maximum Gasteiger partial charge on any atom is 0.251 e. The Hall–Kier alpha value is -12.8. The number of benzene rings is 6. The van der Waals surface area contributed by atoms with Gasteiger partial charge in [0.1, 0.15) is 41.5 Å². The smallest absolute Gasteiger partial charge is 0.251 e. The normalized spacial score (nSPS) is 15.2. The third kappa shape index (κ3) is 16.7. The lowest BCUT2D eigenvalue weighted by Gasteiger charge is -2.26. The van der Waals surface area contributed by atoms with Gasteiger partial charge in [-0.05, 0) is 173 Å². The lowest BCUT2D eigenvalue weighted by Crippen LogP contribution is -2.30. The standard InChI is InChI=1S/C29H26FN7O.C28H27FN6O.C28H29FN6O/c1-2-31-29-32-17-16-24(33-29)28-27(20-8-10-21(30)11-9-20)34-25-14-12-22(37(25)28)18-38-26-15-13-23(35-36-26)19-6-4-3-5-7-19;29-20-11-9-18(10-12-20)25-26(23-15-16-30-28(33-23)32-21-7-4-8-21)35-22(13-14-24(35)34-25)17-31-27(36)19-5-2-1-3-6-19;1-18(2)16-32-28-30-15-14-23(33-28)26-25(19-8-10-21(29)11-9-19)34-24-13-12-22(35(24)26)17-31-27(36)20-6-4-3-5-7-20/h3-11,13,15-17,22H,2,12,14,18H2,1H3,(H,31,32,33);1-3,5-6,9-12,15-16,21-22H,4,7-8,13-14,17H2,(H,31,36)(H,30,32,33);3-11,14-15,18,22H,12-13,16-17H2,1-2H3,(H,31,36)(H,30,32,33). The molecule has 13 aromatic rings. The summed E-state index contributed by atoms with van der Waals surface area (Å²) in [5.41, 5.74) is 12.6. The Morgan fingerprint density at radius 1 is 0.445 bits per heavy atom. The SMILES string of the molecule is CC(C)CNc1nccc(-c2c(-c3ccc(F)cc3)nc3n2C(CNC(=O)c2ccccc2)CC3)n1.CCNc1nccc(-c2c(-c3ccc(F)cc3)nc3n2C(COc2ccc(-c4ccccc4)nn2)CC3)n1.O=C(NCC1CCc2nc(-c3ccc(F)cc3)c(-c3ccnc(NC4CCC4)n3)n21)c1ccccc1. The Labute approximate surface area is 634 Å². The highest BCUT2D eigenvalue weighted by Crippen LogP contribution is 2.43. The third-order valence-electron chi connectivity index (χ3n) is 19.8. The van der Waals surface area contributed by atoms with E-state index in [1.165, 1.54) is 42.8 Å². The second-order valence-electron chi connectivity index (χ2n) is 27.8. The third-order valence-corrected chi connectivity index (χ3v) is 19.8. The summed E-state index contributed by atoms with van der Waals surface area (Å²) in [5, 5.41) is 24.7. The number of halogens is 3. The summed E-state index contributed by atoms with van der Waals surface area (Å²) in [5.74, 6) is 4.35. The van der Waals surface area contributed by atoms with Crippen LogP contribution in [0.4, 0.5) is 31.0 Å². The van der Waals surface area contributed by atoms with Crippen molar-refractivity contribution in [2.45, 2.75) is 103 Å². The molecule has 5 N–H and O–H groups in total. The molecule has 1 saturated carbocycles. The molecule has 22 nitrogen and oxygen atoms in total. The zero-order valence-electron chi connectivity index (χ0n) is 61.1. The van der Waals surface area contributed by atoms with Gasteiger partial charge in [0.2, 0.25) is 23.7 Å². The summed E-state index contributed by atoms with van der Waals surface area (Å²) in [6.07, 6.45) is 13.7. The Bertz CT molecular complexity index is 5320. The average Bonchev–Trinajstić information content (AvgIpc) is 1.61. The van der Waals surface area contributed by atoms with E-state index in [1.807, 2.05) is 116 Å². The Balaban J connectivity index is 0.000000131. The number of hydrogen-bond donors (Lipinski definition) is 5. The molecule has 3 atom stereocenters. The molecule has 10 heterocycles. The molecule has 1 fully saturated rings. The van der Waals surface area contributed by atoms with E-state index in [-0.39, 0.29) is 47.4 Å². The number of nitrogens with one attached hydrogen (secondary N) is 5. The molecule has 7 aromatic heterocycles. The minimum absolute atomic E-state index is 0.0198. The predicted octanol–water partition coefficient (Wildman–Crippen LogP) is 15.8. The van der Waals surface area contributed by atoms with E-state index in [2.05, 4.69) is 79.3 Å². The lowest BCUT2D eigenvalue weighted by molar-refractivity contribution is 0.0940. The number of rotatable bonds is 23. The molecule has 0 radical (unpaired) electrons. The molecule has 4 aliphatic rings. The topological polar surface area (TPSA) is 260 Å². The van der Waals surface area contributed by atoms with Crippen molar-refractivity contribution in [1.29, 1.82) is 0 Å². The van der Waals surface area contributed by atoms with Gasteiger partial charge in [-0.3, -0.25) is 9.59 Å². The van der Waals surface area contributed by atoms with Crippen LogP contribution in [0.3, 0.4) is 0 Å². The lowest BCUT2D eigenvalue weighted by atomic mass is 9.93. The van der Waals surface area contributed by atoms with Gasteiger partial charge in [0.15, 0.2) is 0 Å². The van der Waals surface area contributed by atoms with E-state index in [0.717, 1.165) is 155 Å². The fourth-order valence-corrected chi connectivity index (χ4v) is 14.2. The first-order chi connectivity index (χ1) is 53.8. The largest absolute Gasteiger partial charge is 0.474 e. The van der Waals surface area contributed by atoms with Crippen LogP contribution in [0.25, 0.3) is 79.2 Å². The van der Waals surface area contributed by atoms with Gasteiger partial charge in [0.05, 0.1) is 75.1 Å². The maximum atomic E-state index is 13.7. The molecule has 2 amide bonds. The second-order valence-corrected chi connectivity index (χ2v) is 27.8. The van der Waals surface area contributed by atoms with Gasteiger partial charge in [-0.2, -0.15) is 0 Å². The van der Waals surface area contributed by atoms with Gasteiger partial charge in [0.25, 0.3) is 11.8 Å². The Morgan fingerprint density at radius 3 is 1.28 bits per heavy atom. The molecule has 17 rings (SSSR count). The fourth-order valence-electron chi connectivity index (χ4n) is 14.2. The van der Waals surface area contributed by atoms with Crippen LogP contribution in [-0.4, -0.2) is 119 Å². The van der Waals surface area contributed by atoms with Crippen LogP contribution in [0, 0.1) is 23.4 Å². The molecule has 0 spiro atoms. The average molecular weight is 1470 g/mol. The number of fused-ring (bicyclic) bond motifs is 3. The van der Waals surface area contributed by atoms with Gasteiger partial charge in [-0.1, -0.05) is 80.6 Å². The zero-order valence-corrected chi connectivity index (χ0v) is 61.1. The zero-order chi connectivity index (χ0) is 75.5. The quantitative estimate of drug-likeness (QED) is 0.0399. The van der Waals surface area contributed by atoms with Crippen molar-refractivity contribution in [3.63, 3.8) is 0 Å². The molecule has 3 unspecified atom stereocenters. The van der Waals surface area contributed by atoms with Crippen LogP contribution in [0.2, 0.25) is 0 Å². The molecule has 0 bridgehead atoms. The molecule has 25 heteroatoms. The minimum atomic E-state index is -0.296. The highest BCUT2D eigenvalue weighted by atomic mass is 19.1. The first-order valence-electron chi connectivity index (χ1n) is 37.4. The first kappa shape index (κ1) is 72.7. The molecule has 556 valence electrons. The molecule has 3 aliphatic heterocycles. The van der Waals surface area contributed by atoms with Crippen LogP contribution in [0.15, 0.2) is 213 Å². The van der Waals surface area contributed by atoms with Gasteiger partial charge >= 0.3 is 0 Å². The molecule has 110 heavy (non-hydrogen) atoms. The van der Waals surface area contributed by atoms with E-state index in [9.17, 15) is 22.8 Å². The van der Waals surface area contributed by atoms with E-state index in [4.69, 9.17) is 34.6 Å². The highest BCUT2D eigenvalue weighted by Gasteiger charge is 2.35. The van der Waals surface area contributed by atoms with E-state index < -0.39 is 0 Å². The number of imidazole rings is 3. The summed E-state index contributed by atoms with van der Waals surface area (Å²) >= 11 is 0. The Morgan fingerprint density at radius 2 is 0.864 bits per heavy atom. The number of nitrogens with zero attached hydrogens (tertiary/aromatic N) is 14. The summed E-state index contributed by atoms with van der Waals surface area (Å²) in [4.78, 5) is 67.8. The first-order valence-corrected chi connectivity index (χ1v) is 37.4. The van der Waals surface area contributed by atoms with E-state index in [0.29, 0.717) is 73.1 Å². The number of carbonyl (C=O) groups excluding carboxylic acids is 2. The van der Waals surface area contributed by atoms with Gasteiger partial charge in [-0.25, -0.2) is 58.0 Å². The fraction of sp³-hybridized carbons (Fsp3) is 0.259. The minimum Gasteiger partial charge on any atom is -0.474 e. The van der Waals surface area contributed by atoms with Gasteiger partial charge in [0, 0.05) is 110 Å². The monoisotopic (exact) mass is 1470 g/mol. The Kier molecular flexibility index (Phi) is 22.2. The second kappa shape index (κ2) is 33.6. The number of aromatic nitrogens is 14.